The molecule has 0 spiro atoms. The van der Waals surface area contributed by atoms with Crippen molar-refractivity contribution >= 4 is 66.2 Å². The Morgan fingerprint density at radius 3 is 1.77 bits per heavy atom. The maximum Gasteiger partial charge on any atom is 0.0675 e. The van der Waals surface area contributed by atoms with Crippen molar-refractivity contribution in [3.8, 4) is 0 Å². The third kappa shape index (κ3) is 1.48. The minimum Gasteiger partial charge on any atom is -0.281 e. The van der Waals surface area contributed by atoms with E-state index >= 15 is 0 Å². The average molecular weight is 393 g/mol. The fraction of sp³-hybridized carbons (Fsp3) is 0. The average Bonchev–Trinajstić information content (AvgIpc) is 2.89. The van der Waals surface area contributed by atoms with E-state index in [1.807, 2.05) is 0 Å². The van der Waals surface area contributed by atoms with Crippen LogP contribution < -0.4 is 0 Å². The summed E-state index contributed by atoms with van der Waals surface area (Å²) >= 11 is 2.43. The smallest absolute Gasteiger partial charge is 0.0675 e. The number of hydrogen-bond acceptors (Lipinski definition) is 0. The van der Waals surface area contributed by atoms with Gasteiger partial charge in [0, 0.05) is 16.2 Å². The lowest BCUT2D eigenvalue weighted by molar-refractivity contribution is 1.51. The zero-order chi connectivity index (χ0) is 14.7. The van der Waals surface area contributed by atoms with Gasteiger partial charge in [-0.25, -0.2) is 0 Å². The molecule has 0 radical (unpaired) electrons. The van der Waals surface area contributed by atoms with Crippen LogP contribution in [-0.2, 0) is 0 Å². The van der Waals surface area contributed by atoms with E-state index in [0.717, 1.165) is 0 Å². The lowest BCUT2D eigenvalue weighted by atomic mass is 9.97. The van der Waals surface area contributed by atoms with Crippen LogP contribution in [0.1, 0.15) is 0 Å². The molecule has 0 aliphatic carbocycles. The molecule has 0 unspecified atom stereocenters. The first-order valence-corrected chi connectivity index (χ1v) is 8.31. The molecule has 1 nitrogen and oxygen atoms in total. The molecule has 0 saturated heterocycles. The van der Waals surface area contributed by atoms with E-state index in [2.05, 4.69) is 98.4 Å². The summed E-state index contributed by atoms with van der Waals surface area (Å²) in [6.07, 6.45) is 0. The molecule has 0 fully saturated rings. The van der Waals surface area contributed by atoms with E-state index in [4.69, 9.17) is 0 Å². The molecule has 4 aromatic carbocycles. The number of hydrogen-bond donors (Lipinski definition) is 0. The molecule has 5 aromatic rings. The van der Waals surface area contributed by atoms with Gasteiger partial charge >= 0.3 is 0 Å². The van der Waals surface area contributed by atoms with Crippen LogP contribution >= 0.6 is 22.9 Å². The third-order valence-electron chi connectivity index (χ3n) is 4.49. The summed E-state index contributed by atoms with van der Waals surface area (Å²) in [4.78, 5) is 0. The zero-order valence-corrected chi connectivity index (χ0v) is 13.9. The van der Waals surface area contributed by atoms with Crippen LogP contribution in [0.5, 0.6) is 0 Å². The molecule has 104 valence electrons. The van der Waals surface area contributed by atoms with E-state index < -0.39 is 0 Å². The molecule has 0 saturated carbocycles. The number of rotatable bonds is 0. The van der Waals surface area contributed by atoms with Gasteiger partial charge in [-0.05, 0) is 22.2 Å². The van der Waals surface area contributed by atoms with Gasteiger partial charge in [0.05, 0.1) is 33.9 Å². The Kier molecular flexibility index (Phi) is 2.53. The number of nitrogens with zero attached hydrogens (tertiary/aromatic N) is 1. The summed E-state index contributed by atoms with van der Waals surface area (Å²) in [5, 5.41) is 8.00. The van der Waals surface area contributed by atoms with Crippen molar-refractivity contribution in [2.24, 2.45) is 0 Å². The Labute approximate surface area is 141 Å². The number of fused-ring (bicyclic) bond motifs is 8. The molecule has 1 aromatic heterocycles. The summed E-state index contributed by atoms with van der Waals surface area (Å²) < 4.78 is 2.30. The Morgan fingerprint density at radius 2 is 1.05 bits per heavy atom. The van der Waals surface area contributed by atoms with Crippen LogP contribution in [0.3, 0.4) is 0 Å². The van der Waals surface area contributed by atoms with E-state index in [1.54, 1.807) is 0 Å². The maximum atomic E-state index is 2.43. The molecule has 0 amide bonds. The van der Waals surface area contributed by atoms with E-state index in [0.29, 0.717) is 0 Å². The van der Waals surface area contributed by atoms with Crippen LogP contribution in [0.25, 0.3) is 43.4 Å². The van der Waals surface area contributed by atoms with Gasteiger partial charge in [0.15, 0.2) is 0 Å². The van der Waals surface area contributed by atoms with Gasteiger partial charge in [-0.1, -0.05) is 66.7 Å². The quantitative estimate of drug-likeness (QED) is 0.215. The number of halogens is 1. The third-order valence-corrected chi connectivity index (χ3v) is 5.49. The molecule has 5 rings (SSSR count). The molecular formula is C20H12IN. The van der Waals surface area contributed by atoms with E-state index in [1.165, 1.54) is 43.4 Å². The van der Waals surface area contributed by atoms with E-state index in [9.17, 15) is 0 Å². The molecule has 0 atom stereocenters. The second kappa shape index (κ2) is 4.46. The molecule has 0 aliphatic heterocycles. The predicted octanol–water partition coefficient (Wildman–Crippen LogP) is 6.30. The summed E-state index contributed by atoms with van der Waals surface area (Å²) in [6, 6.07) is 26.1. The molecular weight excluding hydrogens is 381 g/mol. The number of para-hydroxylation sites is 1. The second-order valence-corrected chi connectivity index (χ2v) is 6.58. The van der Waals surface area contributed by atoms with Crippen molar-refractivity contribution in [2.75, 3.05) is 0 Å². The van der Waals surface area contributed by atoms with Crippen molar-refractivity contribution in [3.05, 3.63) is 72.8 Å². The van der Waals surface area contributed by atoms with Crippen molar-refractivity contribution in [2.45, 2.75) is 0 Å². The first-order valence-electron chi connectivity index (χ1n) is 7.35. The van der Waals surface area contributed by atoms with E-state index in [-0.39, 0.29) is 0 Å². The Morgan fingerprint density at radius 1 is 0.545 bits per heavy atom. The largest absolute Gasteiger partial charge is 0.281 e. The van der Waals surface area contributed by atoms with Crippen molar-refractivity contribution < 1.29 is 0 Å². The molecule has 2 heteroatoms. The van der Waals surface area contributed by atoms with Gasteiger partial charge in [-0.3, -0.25) is 2.78 Å². The van der Waals surface area contributed by atoms with Crippen molar-refractivity contribution in [3.63, 3.8) is 0 Å². The Balaban J connectivity index is 2.29. The molecule has 22 heavy (non-hydrogen) atoms. The molecule has 0 N–H and O–H groups in total. The van der Waals surface area contributed by atoms with Gasteiger partial charge < -0.3 is 0 Å². The molecule has 0 bridgehead atoms. The van der Waals surface area contributed by atoms with Gasteiger partial charge in [0.2, 0.25) is 0 Å². The number of aromatic nitrogens is 1. The normalized spacial score (nSPS) is 11.9. The van der Waals surface area contributed by atoms with Crippen LogP contribution in [0, 0.1) is 0 Å². The highest BCUT2D eigenvalue weighted by molar-refractivity contribution is 14.1. The molecule has 1 heterocycles. The first kappa shape index (κ1) is 12.5. The standard InChI is InChI=1S/C20H12IN/c21-22-18-12-6-5-11-17(18)19-15-9-3-1-7-13(15)14-8-2-4-10-16(14)20(19)22/h1-12H. The van der Waals surface area contributed by atoms with Crippen molar-refractivity contribution in [1.82, 2.24) is 2.78 Å². The fourth-order valence-electron chi connectivity index (χ4n) is 3.58. The molecule has 0 aliphatic rings. The minimum absolute atomic E-state index is 1.28. The van der Waals surface area contributed by atoms with Crippen LogP contribution in [0.2, 0.25) is 0 Å². The summed E-state index contributed by atoms with van der Waals surface area (Å²) in [5.74, 6) is 0. The highest BCUT2D eigenvalue weighted by Crippen LogP contribution is 2.41. The van der Waals surface area contributed by atoms with Crippen LogP contribution in [0.15, 0.2) is 72.8 Å². The summed E-state index contributed by atoms with van der Waals surface area (Å²) in [5.41, 5.74) is 2.59. The van der Waals surface area contributed by atoms with Gasteiger partial charge in [-0.15, -0.1) is 0 Å². The van der Waals surface area contributed by atoms with Crippen LogP contribution in [0.4, 0.5) is 0 Å². The summed E-state index contributed by atoms with van der Waals surface area (Å²) in [7, 11) is 0. The first-order chi connectivity index (χ1) is 10.9. The highest BCUT2D eigenvalue weighted by atomic mass is 127. The topological polar surface area (TPSA) is 4.93 Å². The fourth-order valence-corrected chi connectivity index (χ4v) is 4.50. The highest BCUT2D eigenvalue weighted by Gasteiger charge is 2.15. The lowest BCUT2D eigenvalue weighted by Crippen LogP contribution is -1.83. The van der Waals surface area contributed by atoms with Gasteiger partial charge in [0.1, 0.15) is 0 Å². The summed E-state index contributed by atoms with van der Waals surface area (Å²) in [6.45, 7) is 0. The van der Waals surface area contributed by atoms with Crippen LogP contribution in [-0.4, -0.2) is 2.78 Å². The Hall–Kier alpha value is -2.07. The van der Waals surface area contributed by atoms with Gasteiger partial charge in [-0.2, -0.15) is 0 Å². The van der Waals surface area contributed by atoms with Gasteiger partial charge in [0.25, 0.3) is 0 Å². The lowest BCUT2D eigenvalue weighted by Gasteiger charge is -2.08. The monoisotopic (exact) mass is 393 g/mol. The maximum absolute atomic E-state index is 2.43. The Bertz CT molecular complexity index is 1180. The van der Waals surface area contributed by atoms with Crippen molar-refractivity contribution in [1.29, 1.82) is 0 Å². The minimum atomic E-state index is 1.28. The SMILES string of the molecule is In1c2ccccc2c2c3ccccc3c3ccccc3c21. The predicted molar refractivity (Wildman–Crippen MR) is 104 cm³/mol. The number of benzene rings is 4. The second-order valence-electron chi connectivity index (χ2n) is 5.61. The zero-order valence-electron chi connectivity index (χ0n) is 11.8.